The van der Waals surface area contributed by atoms with Crippen molar-refractivity contribution < 1.29 is 4.42 Å². The van der Waals surface area contributed by atoms with Crippen molar-refractivity contribution in [1.29, 1.82) is 0 Å². The molecule has 1 atom stereocenters. The smallest absolute Gasteiger partial charge is 0.135 e. The van der Waals surface area contributed by atoms with Gasteiger partial charge in [-0.1, -0.05) is 133 Å². The average molecular weight is 748 g/mol. The lowest BCUT2D eigenvalue weighted by Crippen LogP contribution is -2.15. The molecule has 0 radical (unpaired) electrons. The number of hydrogen-bond acceptors (Lipinski definition) is 4. The number of nitrogens with zero attached hydrogens (tertiary/aromatic N) is 4. The van der Waals surface area contributed by atoms with Crippen LogP contribution in [0.15, 0.2) is 196 Å². The number of aromatic nitrogens is 1. The molecule has 0 aliphatic carbocycles. The SMILES string of the molecule is c1ccc(C2=NC(c3ccc(-n4c5ccccc5c5ccc6sc7ccc(-c8ccc9oc%10ccccc%10c9c8)cc7c6c54)cc3)=NC(c3ccccc3)[N-]2)cc1. The third-order valence-electron chi connectivity index (χ3n) is 11.2. The first-order valence-electron chi connectivity index (χ1n) is 19.1. The van der Waals surface area contributed by atoms with Gasteiger partial charge in [-0.15, -0.1) is 11.3 Å². The third-order valence-corrected chi connectivity index (χ3v) is 12.3. The standard InChI is InChI=1S/C51H31N4OS/c1-3-11-31(12-4-1)49-52-50(32-13-5-2-6-14-32)54-51(53-49)33-19-23-36(24-20-33)55-42-17-9-7-15-37(42)39-25-28-46-47(48(39)55)41-30-35(22-27-45(41)57-46)34-21-26-44-40(29-34)38-16-8-10-18-43(38)56-44/h1-30,49H/q-1. The molecule has 1 aliphatic heterocycles. The number of fused-ring (bicyclic) bond motifs is 10. The first-order valence-corrected chi connectivity index (χ1v) is 19.9. The summed E-state index contributed by atoms with van der Waals surface area (Å²) in [5, 5.41) is 12.2. The number of hydrogen-bond donors (Lipinski definition) is 0. The minimum Gasteiger partial charge on any atom is -0.456 e. The Morgan fingerprint density at radius 3 is 2.02 bits per heavy atom. The van der Waals surface area contributed by atoms with Gasteiger partial charge in [0.05, 0.1) is 23.0 Å². The Morgan fingerprint density at radius 2 is 1.18 bits per heavy atom. The van der Waals surface area contributed by atoms with Gasteiger partial charge in [-0.3, -0.25) is 4.99 Å². The molecule has 0 saturated heterocycles. The molecule has 6 heteroatoms. The van der Waals surface area contributed by atoms with Crippen LogP contribution in [-0.2, 0) is 0 Å². The quantitative estimate of drug-likeness (QED) is 0.173. The number of furan rings is 1. The van der Waals surface area contributed by atoms with E-state index in [4.69, 9.17) is 19.7 Å². The lowest BCUT2D eigenvalue weighted by atomic mass is 10.00. The highest BCUT2D eigenvalue weighted by atomic mass is 32.1. The zero-order valence-corrected chi connectivity index (χ0v) is 31.3. The molecule has 4 heterocycles. The van der Waals surface area contributed by atoms with E-state index in [1.165, 1.54) is 53.1 Å². The first-order chi connectivity index (χ1) is 28.2. The van der Waals surface area contributed by atoms with Crippen LogP contribution in [0.1, 0.15) is 22.9 Å². The molecule has 0 N–H and O–H groups in total. The van der Waals surface area contributed by atoms with Gasteiger partial charge < -0.3 is 19.3 Å². The van der Waals surface area contributed by atoms with Gasteiger partial charge in [0, 0.05) is 47.4 Å². The molecule has 3 aromatic heterocycles. The zero-order valence-electron chi connectivity index (χ0n) is 30.5. The van der Waals surface area contributed by atoms with Crippen LogP contribution in [0, 0.1) is 0 Å². The van der Waals surface area contributed by atoms with Gasteiger partial charge in [-0.25, -0.2) is 0 Å². The second-order valence-electron chi connectivity index (χ2n) is 14.5. The van der Waals surface area contributed by atoms with Gasteiger partial charge in [0.2, 0.25) is 0 Å². The molecule has 0 fully saturated rings. The highest BCUT2D eigenvalue weighted by Gasteiger charge is 2.20. The second-order valence-corrected chi connectivity index (χ2v) is 15.6. The van der Waals surface area contributed by atoms with Crippen molar-refractivity contribution in [1.82, 2.24) is 4.57 Å². The zero-order chi connectivity index (χ0) is 37.5. The summed E-state index contributed by atoms with van der Waals surface area (Å²) in [6.45, 7) is 0. The lowest BCUT2D eigenvalue weighted by Gasteiger charge is -2.32. The predicted molar refractivity (Wildman–Crippen MR) is 238 cm³/mol. The van der Waals surface area contributed by atoms with Gasteiger partial charge in [0.25, 0.3) is 0 Å². The number of para-hydroxylation sites is 2. The Bertz CT molecular complexity index is 3430. The molecule has 5 nitrogen and oxygen atoms in total. The van der Waals surface area contributed by atoms with Crippen LogP contribution in [0.4, 0.5) is 0 Å². The maximum Gasteiger partial charge on any atom is 0.135 e. The van der Waals surface area contributed by atoms with Crippen molar-refractivity contribution in [2.75, 3.05) is 0 Å². The van der Waals surface area contributed by atoms with Crippen LogP contribution < -0.4 is 0 Å². The number of thiophene rings is 1. The summed E-state index contributed by atoms with van der Waals surface area (Å²) in [4.78, 5) is 10.1. The number of benzene rings is 8. The van der Waals surface area contributed by atoms with E-state index in [0.717, 1.165) is 44.3 Å². The molecule has 268 valence electrons. The van der Waals surface area contributed by atoms with Crippen LogP contribution >= 0.6 is 11.3 Å². The summed E-state index contributed by atoms with van der Waals surface area (Å²) < 4.78 is 11.1. The van der Waals surface area contributed by atoms with Gasteiger partial charge >= 0.3 is 0 Å². The molecule has 8 aromatic carbocycles. The summed E-state index contributed by atoms with van der Waals surface area (Å²) in [6, 6.07) is 64.1. The van der Waals surface area contributed by atoms with Crippen LogP contribution in [0.2, 0.25) is 0 Å². The van der Waals surface area contributed by atoms with Crippen molar-refractivity contribution in [3.63, 3.8) is 0 Å². The molecule has 0 amide bonds. The Kier molecular flexibility index (Phi) is 7.09. The van der Waals surface area contributed by atoms with Crippen molar-refractivity contribution in [2.45, 2.75) is 6.17 Å². The average Bonchev–Trinajstić information content (AvgIpc) is 3.96. The minimum atomic E-state index is -0.378. The molecule has 1 aliphatic rings. The Hall–Kier alpha value is -7.28. The third kappa shape index (κ3) is 5.15. The second kappa shape index (κ2) is 12.6. The van der Waals surface area contributed by atoms with E-state index in [2.05, 4.69) is 138 Å². The Morgan fingerprint density at radius 1 is 0.509 bits per heavy atom. The minimum absolute atomic E-state index is 0.378. The molecular weight excluding hydrogens is 717 g/mol. The van der Waals surface area contributed by atoms with E-state index in [1.807, 2.05) is 59.9 Å². The summed E-state index contributed by atoms with van der Waals surface area (Å²) in [5.74, 6) is 1.36. The monoisotopic (exact) mass is 747 g/mol. The van der Waals surface area contributed by atoms with E-state index >= 15 is 0 Å². The fourth-order valence-electron chi connectivity index (χ4n) is 8.49. The first kappa shape index (κ1) is 32.0. The van der Waals surface area contributed by atoms with E-state index in [9.17, 15) is 0 Å². The lowest BCUT2D eigenvalue weighted by molar-refractivity contribution is 0.669. The maximum absolute atomic E-state index is 6.16. The molecule has 0 saturated carbocycles. The fourth-order valence-corrected chi connectivity index (χ4v) is 9.58. The molecule has 0 bridgehead atoms. The number of rotatable bonds is 5. The topological polar surface area (TPSA) is 56.9 Å². The summed E-state index contributed by atoms with van der Waals surface area (Å²) >= 11 is 1.85. The van der Waals surface area contributed by atoms with Crippen molar-refractivity contribution in [3.05, 3.63) is 204 Å². The molecule has 0 spiro atoms. The molecule has 12 rings (SSSR count). The summed E-state index contributed by atoms with van der Waals surface area (Å²) in [7, 11) is 0. The molecule has 1 unspecified atom stereocenters. The van der Waals surface area contributed by atoms with Crippen LogP contribution in [0.5, 0.6) is 0 Å². The van der Waals surface area contributed by atoms with E-state index < -0.39 is 0 Å². The summed E-state index contributed by atoms with van der Waals surface area (Å²) in [5.41, 5.74) is 10.6. The van der Waals surface area contributed by atoms with Gasteiger partial charge in [-0.2, -0.15) is 0 Å². The highest BCUT2D eigenvalue weighted by Crippen LogP contribution is 2.44. The normalized spacial score (nSPS) is 14.5. The van der Waals surface area contributed by atoms with E-state index in [0.29, 0.717) is 11.7 Å². The fraction of sp³-hybridized carbons (Fsp3) is 0.0196. The van der Waals surface area contributed by atoms with Gasteiger partial charge in [-0.05, 0) is 82.4 Å². The highest BCUT2D eigenvalue weighted by molar-refractivity contribution is 7.26. The van der Waals surface area contributed by atoms with Gasteiger partial charge in [0.1, 0.15) is 11.2 Å². The van der Waals surface area contributed by atoms with E-state index in [-0.39, 0.29) is 6.17 Å². The van der Waals surface area contributed by atoms with Crippen LogP contribution in [0.25, 0.3) is 86.0 Å². The van der Waals surface area contributed by atoms with Crippen LogP contribution in [-0.4, -0.2) is 16.2 Å². The van der Waals surface area contributed by atoms with Gasteiger partial charge in [0.15, 0.2) is 0 Å². The molecule has 57 heavy (non-hydrogen) atoms. The largest absolute Gasteiger partial charge is 0.456 e. The van der Waals surface area contributed by atoms with Crippen LogP contribution in [0.3, 0.4) is 0 Å². The van der Waals surface area contributed by atoms with Crippen molar-refractivity contribution in [2.24, 2.45) is 9.98 Å². The summed E-state index contributed by atoms with van der Waals surface area (Å²) in [6.07, 6.45) is -0.378. The Balaban J connectivity index is 1.02. The Labute approximate surface area is 331 Å². The number of amidine groups is 2. The molecular formula is C51H31N4OS-. The van der Waals surface area contributed by atoms with E-state index in [1.54, 1.807) is 0 Å². The molecule has 11 aromatic rings. The maximum atomic E-state index is 6.16. The van der Waals surface area contributed by atoms with Crippen molar-refractivity contribution in [3.8, 4) is 16.8 Å². The predicted octanol–water partition coefficient (Wildman–Crippen LogP) is 14.0. The number of aliphatic imine (C=N–C) groups is 2. The van der Waals surface area contributed by atoms with Crippen molar-refractivity contribution >= 4 is 86.9 Å².